The highest BCUT2D eigenvalue weighted by Crippen LogP contribution is 2.05. The quantitative estimate of drug-likeness (QED) is 0.502. The molecule has 0 aliphatic carbocycles. The standard InChI is InChI=1S/C8H11ClFNO5/c1-16-8(15)4(10)2-5(7(13)14)11-6(12)3-9/h4-5H,2-3H2,1H3,(H,11,12)(H,13,14)/t4?,5-/m0/s1. The molecule has 0 saturated heterocycles. The number of halogens is 2. The lowest BCUT2D eigenvalue weighted by molar-refractivity contribution is -0.148. The molecule has 0 aromatic carbocycles. The third-order valence-electron chi connectivity index (χ3n) is 1.65. The number of carbonyl (C=O) groups is 3. The molecule has 0 saturated carbocycles. The van der Waals surface area contributed by atoms with Gasteiger partial charge in [-0.2, -0.15) is 0 Å². The molecular weight excluding hydrogens is 245 g/mol. The first-order chi connectivity index (χ1) is 7.42. The summed E-state index contributed by atoms with van der Waals surface area (Å²) in [6.07, 6.45) is -2.81. The molecule has 16 heavy (non-hydrogen) atoms. The molecule has 0 aromatic rings. The number of alkyl halides is 2. The molecule has 0 aromatic heterocycles. The van der Waals surface area contributed by atoms with Crippen molar-refractivity contribution >= 4 is 29.4 Å². The first-order valence-electron chi connectivity index (χ1n) is 4.22. The molecule has 8 heteroatoms. The van der Waals surface area contributed by atoms with E-state index in [4.69, 9.17) is 16.7 Å². The molecule has 6 nitrogen and oxygen atoms in total. The van der Waals surface area contributed by atoms with Crippen LogP contribution < -0.4 is 5.32 Å². The van der Waals surface area contributed by atoms with Crippen LogP contribution in [0.15, 0.2) is 0 Å². The fourth-order valence-electron chi connectivity index (χ4n) is 0.885. The predicted molar refractivity (Wildman–Crippen MR) is 51.8 cm³/mol. The van der Waals surface area contributed by atoms with Gasteiger partial charge in [-0.05, 0) is 0 Å². The second-order valence-corrected chi connectivity index (χ2v) is 3.09. The first-order valence-corrected chi connectivity index (χ1v) is 4.75. The Morgan fingerprint density at radius 1 is 1.50 bits per heavy atom. The van der Waals surface area contributed by atoms with Gasteiger partial charge in [0.25, 0.3) is 0 Å². The van der Waals surface area contributed by atoms with E-state index in [2.05, 4.69) is 4.74 Å². The summed E-state index contributed by atoms with van der Waals surface area (Å²) >= 11 is 5.14. The maximum atomic E-state index is 13.0. The van der Waals surface area contributed by atoms with Crippen LogP contribution in [0.5, 0.6) is 0 Å². The summed E-state index contributed by atoms with van der Waals surface area (Å²) < 4.78 is 17.1. The van der Waals surface area contributed by atoms with Crippen molar-refractivity contribution in [2.24, 2.45) is 0 Å². The summed E-state index contributed by atoms with van der Waals surface area (Å²) in [5, 5.41) is 10.6. The third kappa shape index (κ3) is 4.92. The number of rotatable bonds is 6. The second-order valence-electron chi connectivity index (χ2n) is 2.82. The fraction of sp³-hybridized carbons (Fsp3) is 0.625. The Bertz CT molecular complexity index is 286. The lowest BCUT2D eigenvalue weighted by Crippen LogP contribution is -2.44. The zero-order chi connectivity index (χ0) is 12.7. The Labute approximate surface area is 95.7 Å². The number of carboxylic acid groups (broad SMARTS) is 1. The van der Waals surface area contributed by atoms with Crippen molar-refractivity contribution in [3.8, 4) is 0 Å². The lowest BCUT2D eigenvalue weighted by atomic mass is 10.1. The van der Waals surface area contributed by atoms with Gasteiger partial charge in [-0.1, -0.05) is 0 Å². The average Bonchev–Trinajstić information content (AvgIpc) is 2.26. The molecule has 2 N–H and O–H groups in total. The smallest absolute Gasteiger partial charge is 0.340 e. The topological polar surface area (TPSA) is 92.7 Å². The Balaban J connectivity index is 4.39. The summed E-state index contributed by atoms with van der Waals surface area (Å²) in [5.74, 6) is -3.85. The molecule has 0 aliphatic rings. The highest BCUT2D eigenvalue weighted by Gasteiger charge is 2.28. The number of hydrogen-bond donors (Lipinski definition) is 2. The number of amides is 1. The first kappa shape index (κ1) is 14.6. The highest BCUT2D eigenvalue weighted by atomic mass is 35.5. The van der Waals surface area contributed by atoms with Crippen LogP contribution in [0, 0.1) is 0 Å². The zero-order valence-corrected chi connectivity index (χ0v) is 9.16. The molecule has 1 unspecified atom stereocenters. The minimum absolute atomic E-state index is 0.445. The van der Waals surface area contributed by atoms with E-state index in [9.17, 15) is 18.8 Å². The van der Waals surface area contributed by atoms with Crippen LogP contribution in [-0.2, 0) is 19.1 Å². The highest BCUT2D eigenvalue weighted by molar-refractivity contribution is 6.27. The van der Waals surface area contributed by atoms with Crippen molar-refractivity contribution in [2.75, 3.05) is 13.0 Å². The molecular formula is C8H11ClFNO5. The Kier molecular flexibility index (Phi) is 6.40. The monoisotopic (exact) mass is 255 g/mol. The van der Waals surface area contributed by atoms with Crippen molar-refractivity contribution in [3.63, 3.8) is 0 Å². The SMILES string of the molecule is COC(=O)C(F)C[C@H](NC(=O)CCl)C(=O)O. The largest absolute Gasteiger partial charge is 0.480 e. The number of carboxylic acids is 1. The summed E-state index contributed by atoms with van der Waals surface area (Å²) in [6, 6.07) is -1.51. The predicted octanol–water partition coefficient (Wildman–Crippen LogP) is -0.304. The van der Waals surface area contributed by atoms with Crippen molar-refractivity contribution in [3.05, 3.63) is 0 Å². The summed E-state index contributed by atoms with van der Waals surface area (Å²) in [4.78, 5) is 32.1. The third-order valence-corrected chi connectivity index (χ3v) is 1.90. The minimum Gasteiger partial charge on any atom is -0.480 e. The van der Waals surface area contributed by atoms with Gasteiger partial charge in [0.1, 0.15) is 11.9 Å². The summed E-state index contributed by atoms with van der Waals surface area (Å²) in [6.45, 7) is 0. The maximum Gasteiger partial charge on any atom is 0.340 e. The van der Waals surface area contributed by atoms with E-state index in [1.165, 1.54) is 0 Å². The molecule has 0 rings (SSSR count). The second kappa shape index (κ2) is 7.00. The van der Waals surface area contributed by atoms with Crippen LogP contribution in [0.25, 0.3) is 0 Å². The number of hydrogen-bond acceptors (Lipinski definition) is 4. The van der Waals surface area contributed by atoms with E-state index < -0.39 is 42.4 Å². The average molecular weight is 256 g/mol. The van der Waals surface area contributed by atoms with Crippen LogP contribution in [0.1, 0.15) is 6.42 Å². The Hall–Kier alpha value is -1.37. The lowest BCUT2D eigenvalue weighted by Gasteiger charge is -2.14. The number of carbonyl (C=O) groups excluding carboxylic acids is 2. The normalized spacial score (nSPS) is 13.7. The number of nitrogens with one attached hydrogen (secondary N) is 1. The van der Waals surface area contributed by atoms with Crippen LogP contribution >= 0.6 is 11.6 Å². The number of aliphatic carboxylic acids is 1. The van der Waals surface area contributed by atoms with E-state index in [1.807, 2.05) is 5.32 Å². The minimum atomic E-state index is -2.11. The molecule has 0 fully saturated rings. The molecule has 92 valence electrons. The Morgan fingerprint density at radius 2 is 2.06 bits per heavy atom. The van der Waals surface area contributed by atoms with Crippen LogP contribution in [0.3, 0.4) is 0 Å². The molecule has 2 atom stereocenters. The van der Waals surface area contributed by atoms with Crippen LogP contribution in [0.2, 0.25) is 0 Å². The summed E-state index contributed by atoms with van der Waals surface area (Å²) in [5.41, 5.74) is 0. The van der Waals surface area contributed by atoms with Crippen molar-refractivity contribution in [2.45, 2.75) is 18.6 Å². The van der Waals surface area contributed by atoms with Gasteiger partial charge in [0.15, 0.2) is 6.17 Å². The van der Waals surface area contributed by atoms with Crippen LogP contribution in [-0.4, -0.2) is 48.2 Å². The zero-order valence-electron chi connectivity index (χ0n) is 8.41. The van der Waals surface area contributed by atoms with E-state index >= 15 is 0 Å². The van der Waals surface area contributed by atoms with Gasteiger partial charge < -0.3 is 15.2 Å². The van der Waals surface area contributed by atoms with E-state index in [-0.39, 0.29) is 0 Å². The van der Waals surface area contributed by atoms with Gasteiger partial charge in [0.05, 0.1) is 7.11 Å². The van der Waals surface area contributed by atoms with Gasteiger partial charge in [0, 0.05) is 6.42 Å². The van der Waals surface area contributed by atoms with Crippen molar-refractivity contribution in [1.29, 1.82) is 0 Å². The maximum absolute atomic E-state index is 13.0. The van der Waals surface area contributed by atoms with Gasteiger partial charge in [-0.3, -0.25) is 4.79 Å². The molecule has 0 aliphatic heterocycles. The molecule has 0 bridgehead atoms. The number of esters is 1. The molecule has 0 spiro atoms. The number of methoxy groups -OCH3 is 1. The van der Waals surface area contributed by atoms with Gasteiger partial charge in [-0.15, -0.1) is 11.6 Å². The van der Waals surface area contributed by atoms with Gasteiger partial charge >= 0.3 is 11.9 Å². The fourth-order valence-corrected chi connectivity index (χ4v) is 0.963. The van der Waals surface area contributed by atoms with E-state index in [0.29, 0.717) is 0 Å². The Morgan fingerprint density at radius 3 is 2.44 bits per heavy atom. The van der Waals surface area contributed by atoms with E-state index in [0.717, 1.165) is 7.11 Å². The molecule has 0 radical (unpaired) electrons. The molecule has 0 heterocycles. The van der Waals surface area contributed by atoms with Crippen molar-refractivity contribution < 1.29 is 28.6 Å². The van der Waals surface area contributed by atoms with Gasteiger partial charge in [0.2, 0.25) is 5.91 Å². The van der Waals surface area contributed by atoms with Gasteiger partial charge in [-0.25, -0.2) is 14.0 Å². The van der Waals surface area contributed by atoms with E-state index in [1.54, 1.807) is 0 Å². The van der Waals surface area contributed by atoms with Crippen molar-refractivity contribution in [1.82, 2.24) is 5.32 Å². The summed E-state index contributed by atoms with van der Waals surface area (Å²) in [7, 11) is 0.974. The molecule has 1 amide bonds. The number of ether oxygens (including phenoxy) is 1. The van der Waals surface area contributed by atoms with Crippen LogP contribution in [0.4, 0.5) is 4.39 Å².